The van der Waals surface area contributed by atoms with Crippen LogP contribution in [-0.2, 0) is 0 Å². The molecule has 0 saturated heterocycles. The third-order valence-corrected chi connectivity index (χ3v) is 3.32. The summed E-state index contributed by atoms with van der Waals surface area (Å²) >= 11 is 0. The van der Waals surface area contributed by atoms with Crippen molar-refractivity contribution in [3.63, 3.8) is 0 Å². The van der Waals surface area contributed by atoms with Gasteiger partial charge in [0.25, 0.3) is 5.91 Å². The fourth-order valence-electron chi connectivity index (χ4n) is 2.12. The predicted octanol–water partition coefficient (Wildman–Crippen LogP) is 1.98. The average molecular weight is 286 g/mol. The van der Waals surface area contributed by atoms with Crippen LogP contribution in [0.4, 0.5) is 11.4 Å². The monoisotopic (exact) mass is 286 g/mol. The molecule has 1 aliphatic heterocycles. The van der Waals surface area contributed by atoms with Gasteiger partial charge in [-0.15, -0.1) is 0 Å². The Bertz CT molecular complexity index is 698. The second-order valence-corrected chi connectivity index (χ2v) is 4.67. The van der Waals surface area contributed by atoms with Gasteiger partial charge in [0.1, 0.15) is 5.75 Å². The number of hydrogen-bond donors (Lipinski definition) is 2. The summed E-state index contributed by atoms with van der Waals surface area (Å²) in [4.78, 5) is 14.0. The Morgan fingerprint density at radius 3 is 2.48 bits per heavy atom. The zero-order chi connectivity index (χ0) is 15.0. The summed E-state index contributed by atoms with van der Waals surface area (Å²) in [6.45, 7) is 0.125. The molecule has 2 aromatic carbocycles. The van der Waals surface area contributed by atoms with Gasteiger partial charge in [0.15, 0.2) is 11.5 Å². The van der Waals surface area contributed by atoms with Crippen LogP contribution in [-0.4, -0.2) is 24.9 Å². The molecule has 3 N–H and O–H groups in total. The fraction of sp³-hybridized carbons (Fsp3) is 0.133. The second-order valence-electron chi connectivity index (χ2n) is 4.67. The summed E-state index contributed by atoms with van der Waals surface area (Å²) in [6.07, 6.45) is 0. The van der Waals surface area contributed by atoms with E-state index in [-0.39, 0.29) is 18.4 Å². The number of nitrogen functional groups attached to an aromatic ring is 1. The number of hydrogen-bond acceptors (Lipinski definition) is 5. The number of benzene rings is 2. The highest BCUT2D eigenvalue weighted by molar-refractivity contribution is 6.09. The average Bonchev–Trinajstić information content (AvgIpc) is 2.93. The molecule has 0 saturated carbocycles. The highest BCUT2D eigenvalue weighted by Gasteiger charge is 2.22. The van der Waals surface area contributed by atoms with Crippen LogP contribution in [0.3, 0.4) is 0 Å². The number of amides is 1. The number of aromatic hydroxyl groups is 1. The van der Waals surface area contributed by atoms with Crippen molar-refractivity contribution in [2.75, 3.05) is 24.5 Å². The Balaban J connectivity index is 1.93. The molecule has 1 aliphatic rings. The van der Waals surface area contributed by atoms with Gasteiger partial charge in [-0.25, -0.2) is 0 Å². The lowest BCUT2D eigenvalue weighted by Crippen LogP contribution is -2.26. The van der Waals surface area contributed by atoms with Gasteiger partial charge in [-0.3, -0.25) is 4.79 Å². The number of carbonyl (C=O) groups is 1. The van der Waals surface area contributed by atoms with Crippen LogP contribution in [0.15, 0.2) is 36.4 Å². The second kappa shape index (κ2) is 4.90. The van der Waals surface area contributed by atoms with E-state index >= 15 is 0 Å². The summed E-state index contributed by atoms with van der Waals surface area (Å²) in [5.41, 5.74) is 7.23. The zero-order valence-electron chi connectivity index (χ0n) is 11.4. The van der Waals surface area contributed by atoms with Crippen LogP contribution < -0.4 is 20.1 Å². The van der Waals surface area contributed by atoms with Crippen LogP contribution in [0, 0.1) is 0 Å². The first-order chi connectivity index (χ1) is 10.1. The first-order valence-corrected chi connectivity index (χ1v) is 6.32. The maximum atomic E-state index is 12.5. The maximum absolute atomic E-state index is 12.5. The number of carbonyl (C=O) groups excluding carboxylic acids is 1. The molecule has 1 amide bonds. The minimum atomic E-state index is -0.267. The third-order valence-electron chi connectivity index (χ3n) is 3.32. The van der Waals surface area contributed by atoms with Crippen molar-refractivity contribution in [1.29, 1.82) is 0 Å². The van der Waals surface area contributed by atoms with E-state index in [0.717, 1.165) is 0 Å². The molecule has 0 fully saturated rings. The van der Waals surface area contributed by atoms with E-state index in [1.807, 2.05) is 0 Å². The molecule has 0 radical (unpaired) electrons. The lowest BCUT2D eigenvalue weighted by atomic mass is 10.1. The van der Waals surface area contributed by atoms with Crippen LogP contribution in [0.5, 0.6) is 17.2 Å². The smallest absolute Gasteiger partial charge is 0.260 e. The number of fused-ring (bicyclic) bond motifs is 1. The minimum Gasteiger partial charge on any atom is -0.508 e. The first-order valence-electron chi connectivity index (χ1n) is 6.32. The van der Waals surface area contributed by atoms with Gasteiger partial charge in [0.05, 0.1) is 5.56 Å². The Morgan fingerprint density at radius 2 is 1.81 bits per heavy atom. The molecule has 3 rings (SSSR count). The zero-order valence-corrected chi connectivity index (χ0v) is 11.4. The van der Waals surface area contributed by atoms with Gasteiger partial charge in [0, 0.05) is 24.5 Å². The maximum Gasteiger partial charge on any atom is 0.260 e. The number of rotatable bonds is 2. The first kappa shape index (κ1) is 13.1. The summed E-state index contributed by atoms with van der Waals surface area (Å²) in [6, 6.07) is 9.49. The number of anilines is 2. The number of ether oxygens (including phenoxy) is 2. The highest BCUT2D eigenvalue weighted by Crippen LogP contribution is 2.36. The molecule has 1 heterocycles. The van der Waals surface area contributed by atoms with Crippen molar-refractivity contribution in [2.24, 2.45) is 0 Å². The molecule has 6 heteroatoms. The lowest BCUT2D eigenvalue weighted by molar-refractivity contribution is 0.0993. The normalized spacial score (nSPS) is 12.2. The van der Waals surface area contributed by atoms with Crippen LogP contribution in [0.2, 0.25) is 0 Å². The number of phenols is 1. The van der Waals surface area contributed by atoms with Gasteiger partial charge in [-0.1, -0.05) is 0 Å². The van der Waals surface area contributed by atoms with E-state index in [0.29, 0.717) is 28.4 Å². The van der Waals surface area contributed by atoms with E-state index in [4.69, 9.17) is 15.2 Å². The highest BCUT2D eigenvalue weighted by atomic mass is 16.7. The van der Waals surface area contributed by atoms with Crippen molar-refractivity contribution in [3.8, 4) is 17.2 Å². The SMILES string of the molecule is CN(C(=O)c1cc2c(cc1N)OCO2)c1ccc(O)cc1. The molecular weight excluding hydrogens is 272 g/mol. The standard InChI is InChI=1S/C15H14N2O4/c1-17(9-2-4-10(18)5-3-9)15(19)11-6-13-14(7-12(11)16)21-8-20-13/h2-7,18H,8,16H2,1H3. The van der Waals surface area contributed by atoms with E-state index in [9.17, 15) is 9.90 Å². The van der Waals surface area contributed by atoms with Gasteiger partial charge in [-0.2, -0.15) is 0 Å². The molecule has 21 heavy (non-hydrogen) atoms. The predicted molar refractivity (Wildman–Crippen MR) is 77.8 cm³/mol. The quantitative estimate of drug-likeness (QED) is 0.825. The number of nitrogens with two attached hydrogens (primary N) is 1. The summed E-state index contributed by atoms with van der Waals surface area (Å²) < 4.78 is 10.5. The van der Waals surface area contributed by atoms with Crippen molar-refractivity contribution in [1.82, 2.24) is 0 Å². The Hall–Kier alpha value is -2.89. The van der Waals surface area contributed by atoms with E-state index < -0.39 is 0 Å². The third kappa shape index (κ3) is 2.31. The van der Waals surface area contributed by atoms with Crippen LogP contribution >= 0.6 is 0 Å². The molecule has 0 atom stereocenters. The molecular formula is C15H14N2O4. The molecule has 0 aromatic heterocycles. The fourth-order valence-corrected chi connectivity index (χ4v) is 2.12. The Kier molecular flexibility index (Phi) is 3.06. The van der Waals surface area contributed by atoms with Crippen LogP contribution in [0.1, 0.15) is 10.4 Å². The van der Waals surface area contributed by atoms with Crippen molar-refractivity contribution in [3.05, 3.63) is 42.0 Å². The number of phenolic OH excluding ortho intramolecular Hbond substituents is 1. The van der Waals surface area contributed by atoms with Crippen molar-refractivity contribution >= 4 is 17.3 Å². The molecule has 0 aliphatic carbocycles. The summed E-state index contributed by atoms with van der Waals surface area (Å²) in [5, 5.41) is 9.29. The Morgan fingerprint density at radius 1 is 1.19 bits per heavy atom. The van der Waals surface area contributed by atoms with E-state index in [1.165, 1.54) is 17.0 Å². The van der Waals surface area contributed by atoms with E-state index in [2.05, 4.69) is 0 Å². The van der Waals surface area contributed by atoms with Crippen LogP contribution in [0.25, 0.3) is 0 Å². The molecule has 2 aromatic rings. The van der Waals surface area contributed by atoms with Gasteiger partial charge >= 0.3 is 0 Å². The van der Waals surface area contributed by atoms with E-state index in [1.54, 1.807) is 31.3 Å². The lowest BCUT2D eigenvalue weighted by Gasteiger charge is -2.18. The van der Waals surface area contributed by atoms with Crippen molar-refractivity contribution in [2.45, 2.75) is 0 Å². The minimum absolute atomic E-state index is 0.125. The Labute approximate surface area is 121 Å². The molecule has 0 spiro atoms. The van der Waals surface area contributed by atoms with Gasteiger partial charge < -0.3 is 25.2 Å². The largest absolute Gasteiger partial charge is 0.508 e. The molecule has 108 valence electrons. The van der Waals surface area contributed by atoms with Gasteiger partial charge in [-0.05, 0) is 30.3 Å². The topological polar surface area (TPSA) is 85.0 Å². The molecule has 6 nitrogen and oxygen atoms in total. The van der Waals surface area contributed by atoms with Crippen molar-refractivity contribution < 1.29 is 19.4 Å². The van der Waals surface area contributed by atoms with Gasteiger partial charge in [0.2, 0.25) is 6.79 Å². The molecule has 0 unspecified atom stereocenters. The summed E-state index contributed by atoms with van der Waals surface area (Å²) in [5.74, 6) is 0.918. The number of nitrogens with zero attached hydrogens (tertiary/aromatic N) is 1. The molecule has 0 bridgehead atoms. The summed E-state index contributed by atoms with van der Waals surface area (Å²) in [7, 11) is 1.64.